The Morgan fingerprint density at radius 1 is 0.981 bits per heavy atom. The predicted molar refractivity (Wildman–Crippen MR) is 201 cm³/mol. The van der Waals surface area contributed by atoms with Crippen LogP contribution < -0.4 is 5.69 Å². The Balaban J connectivity index is 1.08. The molecule has 12 nitrogen and oxygen atoms in total. The summed E-state index contributed by atoms with van der Waals surface area (Å²) in [6.07, 6.45) is 4.69. The molecule has 0 unspecified atom stereocenters. The van der Waals surface area contributed by atoms with Crippen LogP contribution in [0.1, 0.15) is 66.8 Å². The number of nitrogens with zero attached hydrogens (tertiary/aromatic N) is 8. The van der Waals surface area contributed by atoms with Gasteiger partial charge in [0.15, 0.2) is 11.3 Å². The zero-order valence-corrected chi connectivity index (χ0v) is 31.5. The van der Waals surface area contributed by atoms with E-state index in [0.717, 1.165) is 22.7 Å². The molecule has 0 spiro atoms. The van der Waals surface area contributed by atoms with Gasteiger partial charge in [0.2, 0.25) is 0 Å². The maximum atomic E-state index is 14.8. The van der Waals surface area contributed by atoms with Crippen molar-refractivity contribution >= 4 is 50.3 Å². The summed E-state index contributed by atoms with van der Waals surface area (Å²) >= 11 is 3.40. The second-order valence-corrected chi connectivity index (χ2v) is 15.5. The van der Waals surface area contributed by atoms with Crippen molar-refractivity contribution in [3.63, 3.8) is 0 Å². The molecular formula is C39H37BrF2N8O4. The van der Waals surface area contributed by atoms with Crippen molar-refractivity contribution in [2.75, 3.05) is 19.6 Å². The van der Waals surface area contributed by atoms with E-state index in [0.29, 0.717) is 70.7 Å². The number of likely N-dealkylation sites (tertiary alicyclic amines) is 1. The zero-order chi connectivity index (χ0) is 37.9. The summed E-state index contributed by atoms with van der Waals surface area (Å²) < 4.78 is 39.5. The van der Waals surface area contributed by atoms with Gasteiger partial charge in [-0.2, -0.15) is 0 Å². The number of fused-ring (bicyclic) bond motifs is 4. The lowest BCUT2D eigenvalue weighted by Crippen LogP contribution is -2.45. The van der Waals surface area contributed by atoms with Crippen LogP contribution in [0.2, 0.25) is 0 Å². The minimum absolute atomic E-state index is 0.132. The van der Waals surface area contributed by atoms with Crippen LogP contribution in [0.15, 0.2) is 76.4 Å². The highest BCUT2D eigenvalue weighted by atomic mass is 79.9. The van der Waals surface area contributed by atoms with E-state index in [2.05, 4.69) is 30.9 Å². The van der Waals surface area contributed by atoms with E-state index < -0.39 is 23.3 Å². The lowest BCUT2D eigenvalue weighted by Gasteiger charge is -2.34. The molecule has 8 rings (SSSR count). The first kappa shape index (κ1) is 35.6. The number of carbonyl (C=O) groups is 2. The number of rotatable bonds is 5. The number of amides is 2. The molecule has 1 fully saturated rings. The van der Waals surface area contributed by atoms with Gasteiger partial charge in [-0.15, -0.1) is 0 Å². The summed E-state index contributed by atoms with van der Waals surface area (Å²) in [5.41, 5.74) is 3.54. The summed E-state index contributed by atoms with van der Waals surface area (Å²) in [6, 6.07) is 13.8. The molecule has 6 aromatic rings. The van der Waals surface area contributed by atoms with Crippen molar-refractivity contribution in [2.24, 2.45) is 0 Å². The van der Waals surface area contributed by atoms with E-state index >= 15 is 0 Å². The van der Waals surface area contributed by atoms with Crippen molar-refractivity contribution in [2.45, 2.75) is 64.8 Å². The minimum atomic E-state index is -0.652. The van der Waals surface area contributed by atoms with Crippen molar-refractivity contribution in [1.82, 2.24) is 38.5 Å². The molecule has 15 heteroatoms. The van der Waals surface area contributed by atoms with Gasteiger partial charge < -0.3 is 19.1 Å². The standard InChI is InChI=1S/C39H37BrF2N8O4/c1-39(2,3)54-38(53)47-16-5-6-27(21-47)50-35-34(44-19-32(40)45-35)49(37(50)52)26-12-9-23(10-13-26)36(51)46-17-14-28-29-7-4-15-43-33(29)48(31(28)22-46)20-24-8-11-25(41)18-30(24)42/h4,7-13,15,18-19,27H,5-6,14,16-17,20-22H2,1-3H3/t27-/m0/s1. The van der Waals surface area contributed by atoms with E-state index in [-0.39, 0.29) is 37.3 Å². The number of hydrogen-bond donors (Lipinski definition) is 0. The second kappa shape index (κ2) is 13.8. The Bertz CT molecular complexity index is 2510. The lowest BCUT2D eigenvalue weighted by atomic mass is 10.0. The van der Waals surface area contributed by atoms with Crippen molar-refractivity contribution in [1.29, 1.82) is 0 Å². The Kier molecular flexibility index (Phi) is 9.07. The van der Waals surface area contributed by atoms with Crippen LogP contribution in [0, 0.1) is 11.6 Å². The molecule has 6 heterocycles. The van der Waals surface area contributed by atoms with Gasteiger partial charge in [0, 0.05) is 54.1 Å². The van der Waals surface area contributed by atoms with Crippen LogP contribution in [-0.2, 0) is 24.2 Å². The number of pyridine rings is 1. The molecule has 2 aliphatic heterocycles. The molecule has 1 atom stereocenters. The van der Waals surface area contributed by atoms with E-state index in [1.165, 1.54) is 22.9 Å². The third kappa shape index (κ3) is 6.54. The summed E-state index contributed by atoms with van der Waals surface area (Å²) in [6.45, 7) is 7.12. The fourth-order valence-electron chi connectivity index (χ4n) is 7.54. The number of imidazole rings is 1. The molecule has 2 aliphatic rings. The van der Waals surface area contributed by atoms with Crippen LogP contribution in [0.3, 0.4) is 0 Å². The van der Waals surface area contributed by atoms with Gasteiger partial charge in [0.05, 0.1) is 31.0 Å². The van der Waals surface area contributed by atoms with Gasteiger partial charge in [-0.05, 0) is 104 Å². The molecule has 54 heavy (non-hydrogen) atoms. The van der Waals surface area contributed by atoms with E-state index in [1.807, 2.05) is 37.5 Å². The molecular weight excluding hydrogens is 762 g/mol. The highest BCUT2D eigenvalue weighted by molar-refractivity contribution is 9.10. The number of hydrogen-bond acceptors (Lipinski definition) is 7. The van der Waals surface area contributed by atoms with Crippen LogP contribution in [-0.4, -0.2) is 75.7 Å². The van der Waals surface area contributed by atoms with Gasteiger partial charge in [0.25, 0.3) is 5.91 Å². The average Bonchev–Trinajstić information content (AvgIpc) is 3.61. The Labute approximate surface area is 317 Å². The monoisotopic (exact) mass is 798 g/mol. The second-order valence-electron chi connectivity index (χ2n) is 14.7. The number of carbonyl (C=O) groups excluding carboxylic acids is 2. The van der Waals surface area contributed by atoms with Gasteiger partial charge in [-0.25, -0.2) is 37.9 Å². The number of ether oxygens (including phenoxy) is 1. The van der Waals surface area contributed by atoms with E-state index in [1.54, 1.807) is 44.8 Å². The highest BCUT2D eigenvalue weighted by Gasteiger charge is 2.33. The van der Waals surface area contributed by atoms with E-state index in [9.17, 15) is 23.2 Å². The quantitative estimate of drug-likeness (QED) is 0.188. The molecule has 0 saturated carbocycles. The fraction of sp³-hybridized carbons (Fsp3) is 0.333. The van der Waals surface area contributed by atoms with E-state index in [4.69, 9.17) is 4.74 Å². The van der Waals surface area contributed by atoms with Crippen molar-refractivity contribution in [3.8, 4) is 5.69 Å². The SMILES string of the molecule is CC(C)(C)OC(=O)N1CCC[C@H](n2c(=O)n(-c3ccc(C(=O)N4CCc5c(n(Cc6ccc(F)cc6F)c6ncccc56)C4)cc3)c3ncc(Br)nc32)C1. The van der Waals surface area contributed by atoms with Crippen molar-refractivity contribution in [3.05, 3.63) is 116 Å². The maximum Gasteiger partial charge on any atom is 0.410 e. The van der Waals surface area contributed by atoms with Gasteiger partial charge >= 0.3 is 11.8 Å². The highest BCUT2D eigenvalue weighted by Crippen LogP contribution is 2.32. The molecule has 0 bridgehead atoms. The molecule has 2 amide bonds. The smallest absolute Gasteiger partial charge is 0.410 e. The Morgan fingerprint density at radius 3 is 2.54 bits per heavy atom. The van der Waals surface area contributed by atoms with Crippen molar-refractivity contribution < 1.29 is 23.1 Å². The molecule has 0 N–H and O–H groups in total. The molecule has 278 valence electrons. The molecule has 2 aromatic carbocycles. The number of piperidine rings is 1. The number of halogens is 3. The third-order valence-corrected chi connectivity index (χ3v) is 10.4. The predicted octanol–water partition coefficient (Wildman–Crippen LogP) is 6.79. The zero-order valence-electron chi connectivity index (χ0n) is 29.9. The minimum Gasteiger partial charge on any atom is -0.444 e. The lowest BCUT2D eigenvalue weighted by molar-refractivity contribution is 0.0172. The van der Waals surface area contributed by atoms with Crippen LogP contribution in [0.4, 0.5) is 13.6 Å². The third-order valence-electron chi connectivity index (χ3n) is 9.97. The fourth-order valence-corrected chi connectivity index (χ4v) is 7.81. The summed E-state index contributed by atoms with van der Waals surface area (Å²) in [5, 5.41) is 0.942. The van der Waals surface area contributed by atoms with Gasteiger partial charge in [-0.1, -0.05) is 6.07 Å². The van der Waals surface area contributed by atoms with Gasteiger partial charge in [0.1, 0.15) is 27.5 Å². The number of aromatic nitrogens is 6. The molecule has 0 radical (unpaired) electrons. The normalized spacial score (nSPS) is 16.2. The first-order valence-electron chi connectivity index (χ1n) is 17.8. The van der Waals surface area contributed by atoms with Gasteiger partial charge in [-0.3, -0.25) is 9.36 Å². The summed E-state index contributed by atoms with van der Waals surface area (Å²) in [5.74, 6) is -1.50. The average molecular weight is 800 g/mol. The molecule has 0 aliphatic carbocycles. The van der Waals surface area contributed by atoms with Crippen LogP contribution >= 0.6 is 15.9 Å². The first-order chi connectivity index (χ1) is 25.9. The van der Waals surface area contributed by atoms with Crippen LogP contribution in [0.25, 0.3) is 28.0 Å². The Morgan fingerprint density at radius 2 is 1.78 bits per heavy atom. The number of benzene rings is 2. The summed E-state index contributed by atoms with van der Waals surface area (Å²) in [4.78, 5) is 58.3. The summed E-state index contributed by atoms with van der Waals surface area (Å²) in [7, 11) is 0. The molecule has 1 saturated heterocycles. The topological polar surface area (TPSA) is 120 Å². The Hall–Kier alpha value is -5.44. The first-order valence-corrected chi connectivity index (χ1v) is 18.6. The largest absolute Gasteiger partial charge is 0.444 e. The molecule has 4 aromatic heterocycles. The maximum absolute atomic E-state index is 14.8. The van der Waals surface area contributed by atoms with Crippen LogP contribution in [0.5, 0.6) is 0 Å².